The molecule has 1 aromatic carbocycles. The molecule has 2 aromatic rings. The molecule has 1 saturated heterocycles. The Morgan fingerprint density at radius 1 is 1.33 bits per heavy atom. The third-order valence-electron chi connectivity index (χ3n) is 4.50. The van der Waals surface area contributed by atoms with Crippen LogP contribution in [0.5, 0.6) is 0 Å². The summed E-state index contributed by atoms with van der Waals surface area (Å²) in [5, 5.41) is 0. The predicted molar refractivity (Wildman–Crippen MR) is 85.6 cm³/mol. The minimum absolute atomic E-state index is 0.0525. The van der Waals surface area contributed by atoms with E-state index in [0.29, 0.717) is 17.7 Å². The lowest BCUT2D eigenvalue weighted by molar-refractivity contribution is 0.260. The lowest BCUT2D eigenvalue weighted by Gasteiger charge is -2.21. The molecule has 0 spiro atoms. The van der Waals surface area contributed by atoms with E-state index >= 15 is 0 Å². The second-order valence-electron chi connectivity index (χ2n) is 6.35. The molecule has 21 heavy (non-hydrogen) atoms. The average Bonchev–Trinajstić information content (AvgIpc) is 2.93. The zero-order chi connectivity index (χ0) is 15.0. The van der Waals surface area contributed by atoms with Crippen LogP contribution in [-0.4, -0.2) is 33.6 Å². The lowest BCUT2D eigenvalue weighted by atomic mass is 10.1. The summed E-state index contributed by atoms with van der Waals surface area (Å²) >= 11 is 0. The first-order valence-corrected chi connectivity index (χ1v) is 7.76. The van der Waals surface area contributed by atoms with Gasteiger partial charge >= 0.3 is 0 Å². The summed E-state index contributed by atoms with van der Waals surface area (Å²) in [4.78, 5) is 19.4. The van der Waals surface area contributed by atoms with Crippen molar-refractivity contribution in [3.05, 3.63) is 40.3 Å². The van der Waals surface area contributed by atoms with E-state index in [1.165, 1.54) is 6.42 Å². The Kier molecular flexibility index (Phi) is 3.81. The number of aromatic nitrogens is 2. The minimum Gasteiger partial charge on any atom is -0.305 e. The molecule has 0 aliphatic carbocycles. The molecule has 0 amide bonds. The van der Waals surface area contributed by atoms with Gasteiger partial charge in [-0.25, -0.2) is 4.98 Å². The molecule has 0 bridgehead atoms. The first-order valence-electron chi connectivity index (χ1n) is 7.76. The summed E-state index contributed by atoms with van der Waals surface area (Å²) < 4.78 is 1.92. The molecule has 0 radical (unpaired) electrons. The molecule has 4 heteroatoms. The van der Waals surface area contributed by atoms with Crippen molar-refractivity contribution < 1.29 is 0 Å². The molecule has 1 atom stereocenters. The summed E-state index contributed by atoms with van der Waals surface area (Å²) in [7, 11) is 0. The zero-order valence-electron chi connectivity index (χ0n) is 13.0. The highest BCUT2D eigenvalue weighted by atomic mass is 16.1. The van der Waals surface area contributed by atoms with Gasteiger partial charge in [-0.3, -0.25) is 4.79 Å². The molecule has 1 aliphatic heterocycles. The van der Waals surface area contributed by atoms with Gasteiger partial charge in [0.1, 0.15) is 5.69 Å². The van der Waals surface area contributed by atoms with E-state index in [4.69, 9.17) is 0 Å². The number of hydrogen-bond donors (Lipinski definition) is 0. The Labute approximate surface area is 125 Å². The van der Waals surface area contributed by atoms with Gasteiger partial charge in [-0.15, -0.1) is 0 Å². The van der Waals surface area contributed by atoms with Gasteiger partial charge in [-0.2, -0.15) is 0 Å². The third kappa shape index (κ3) is 2.72. The Morgan fingerprint density at radius 3 is 2.81 bits per heavy atom. The molecule has 1 aromatic heterocycles. The van der Waals surface area contributed by atoms with Crippen molar-refractivity contribution in [2.45, 2.75) is 39.8 Å². The fraction of sp³-hybridized carbons (Fsp3) is 0.529. The van der Waals surface area contributed by atoms with Crippen LogP contribution in [0.1, 0.15) is 26.0 Å². The number of rotatable bonds is 3. The van der Waals surface area contributed by atoms with E-state index in [0.717, 1.165) is 30.7 Å². The van der Waals surface area contributed by atoms with Crippen LogP contribution in [0.15, 0.2) is 29.1 Å². The van der Waals surface area contributed by atoms with Gasteiger partial charge in [-0.05, 0) is 51.8 Å². The number of aryl methyl sites for hydroxylation is 1. The fourth-order valence-electron chi connectivity index (χ4n) is 3.24. The number of benzene rings is 1. The van der Waals surface area contributed by atoms with Crippen LogP contribution in [0, 0.1) is 12.8 Å². The SMILES string of the molecule is Cc1nc2ccccc2n(C[C@H]2CCN(C(C)C)C2)c1=O. The largest absolute Gasteiger partial charge is 0.305 e. The van der Waals surface area contributed by atoms with Gasteiger partial charge in [0.25, 0.3) is 5.56 Å². The maximum absolute atomic E-state index is 12.5. The van der Waals surface area contributed by atoms with Crippen LogP contribution >= 0.6 is 0 Å². The van der Waals surface area contributed by atoms with Crippen molar-refractivity contribution in [1.82, 2.24) is 14.5 Å². The zero-order valence-corrected chi connectivity index (χ0v) is 13.0. The molecule has 1 fully saturated rings. The summed E-state index contributed by atoms with van der Waals surface area (Å²) in [6.07, 6.45) is 1.17. The van der Waals surface area contributed by atoms with Crippen molar-refractivity contribution >= 4 is 11.0 Å². The van der Waals surface area contributed by atoms with Gasteiger partial charge < -0.3 is 9.47 Å². The maximum atomic E-state index is 12.5. The third-order valence-corrected chi connectivity index (χ3v) is 4.50. The van der Waals surface area contributed by atoms with Crippen LogP contribution in [0.25, 0.3) is 11.0 Å². The van der Waals surface area contributed by atoms with Crippen molar-refractivity contribution in [2.75, 3.05) is 13.1 Å². The second kappa shape index (κ2) is 5.60. The summed E-state index contributed by atoms with van der Waals surface area (Å²) in [5.41, 5.74) is 2.51. The Bertz CT molecular complexity index is 705. The van der Waals surface area contributed by atoms with Crippen molar-refractivity contribution in [2.24, 2.45) is 5.92 Å². The molecule has 3 rings (SSSR count). The Hall–Kier alpha value is -1.68. The smallest absolute Gasteiger partial charge is 0.272 e. The highest BCUT2D eigenvalue weighted by Gasteiger charge is 2.25. The van der Waals surface area contributed by atoms with Gasteiger partial charge in [-0.1, -0.05) is 12.1 Å². The molecule has 4 nitrogen and oxygen atoms in total. The Morgan fingerprint density at radius 2 is 2.10 bits per heavy atom. The average molecular weight is 285 g/mol. The summed E-state index contributed by atoms with van der Waals surface area (Å²) in [6.45, 7) is 9.30. The first-order chi connectivity index (χ1) is 10.1. The quantitative estimate of drug-likeness (QED) is 0.869. The second-order valence-corrected chi connectivity index (χ2v) is 6.35. The molecular formula is C17H23N3O. The van der Waals surface area contributed by atoms with Gasteiger partial charge in [0.15, 0.2) is 0 Å². The first kappa shape index (κ1) is 14.3. The van der Waals surface area contributed by atoms with E-state index in [1.807, 2.05) is 28.8 Å². The predicted octanol–water partition coefficient (Wildman–Crippen LogP) is 2.44. The van der Waals surface area contributed by atoms with Gasteiger partial charge in [0.05, 0.1) is 11.0 Å². The van der Waals surface area contributed by atoms with Crippen molar-refractivity contribution in [3.8, 4) is 0 Å². The summed E-state index contributed by atoms with van der Waals surface area (Å²) in [6, 6.07) is 8.51. The van der Waals surface area contributed by atoms with E-state index in [2.05, 4.69) is 23.7 Å². The molecule has 2 heterocycles. The number of fused-ring (bicyclic) bond motifs is 1. The Balaban J connectivity index is 1.94. The van der Waals surface area contributed by atoms with Crippen LogP contribution in [0.3, 0.4) is 0 Å². The van der Waals surface area contributed by atoms with Crippen LogP contribution < -0.4 is 5.56 Å². The minimum atomic E-state index is 0.0525. The summed E-state index contributed by atoms with van der Waals surface area (Å²) in [5.74, 6) is 0.551. The van der Waals surface area contributed by atoms with Crippen molar-refractivity contribution in [1.29, 1.82) is 0 Å². The van der Waals surface area contributed by atoms with E-state index in [9.17, 15) is 4.79 Å². The lowest BCUT2D eigenvalue weighted by Crippen LogP contribution is -2.31. The molecule has 0 unspecified atom stereocenters. The molecule has 1 aliphatic rings. The van der Waals surface area contributed by atoms with Gasteiger partial charge in [0.2, 0.25) is 0 Å². The molecule has 0 saturated carbocycles. The van der Waals surface area contributed by atoms with Crippen LogP contribution in [0.2, 0.25) is 0 Å². The number of nitrogens with zero attached hydrogens (tertiary/aromatic N) is 3. The van der Waals surface area contributed by atoms with Crippen LogP contribution in [-0.2, 0) is 6.54 Å². The molecular weight excluding hydrogens is 262 g/mol. The van der Waals surface area contributed by atoms with Crippen molar-refractivity contribution in [3.63, 3.8) is 0 Å². The number of hydrogen-bond acceptors (Lipinski definition) is 3. The monoisotopic (exact) mass is 285 g/mol. The molecule has 112 valence electrons. The normalized spacial score (nSPS) is 19.7. The van der Waals surface area contributed by atoms with E-state index < -0.39 is 0 Å². The number of para-hydroxylation sites is 2. The molecule has 0 N–H and O–H groups in total. The number of likely N-dealkylation sites (tertiary alicyclic amines) is 1. The van der Waals surface area contributed by atoms with Crippen LogP contribution in [0.4, 0.5) is 0 Å². The standard InChI is InChI=1S/C17H23N3O/c1-12(2)19-9-8-14(10-19)11-20-16-7-5-4-6-15(16)18-13(3)17(20)21/h4-7,12,14H,8-11H2,1-3H3/t14-/m0/s1. The van der Waals surface area contributed by atoms with Gasteiger partial charge in [0, 0.05) is 19.1 Å². The maximum Gasteiger partial charge on any atom is 0.272 e. The van der Waals surface area contributed by atoms with E-state index in [1.54, 1.807) is 6.92 Å². The van der Waals surface area contributed by atoms with E-state index in [-0.39, 0.29) is 5.56 Å². The topological polar surface area (TPSA) is 38.1 Å². The highest BCUT2D eigenvalue weighted by molar-refractivity contribution is 5.74. The highest BCUT2D eigenvalue weighted by Crippen LogP contribution is 2.21. The fourth-order valence-corrected chi connectivity index (χ4v) is 3.24.